The molecular formula is C36H35F3N6O3. The van der Waals surface area contributed by atoms with E-state index in [2.05, 4.69) is 33.2 Å². The molecule has 3 fully saturated rings. The van der Waals surface area contributed by atoms with Crippen LogP contribution in [0.25, 0.3) is 32.8 Å². The summed E-state index contributed by atoms with van der Waals surface area (Å²) in [7, 11) is 0. The molecule has 48 heavy (non-hydrogen) atoms. The first kappa shape index (κ1) is 30.9. The molecule has 0 radical (unpaired) electrons. The highest BCUT2D eigenvalue weighted by atomic mass is 19.3. The van der Waals surface area contributed by atoms with E-state index in [9.17, 15) is 18.3 Å². The van der Waals surface area contributed by atoms with E-state index in [-0.39, 0.29) is 36.9 Å². The number of nitrogens with one attached hydrogen (secondary N) is 1. The van der Waals surface area contributed by atoms with E-state index in [0.29, 0.717) is 70.5 Å². The smallest absolute Gasteiger partial charge is 0.345 e. The van der Waals surface area contributed by atoms with Crippen molar-refractivity contribution in [3.05, 3.63) is 65.5 Å². The zero-order valence-electron chi connectivity index (χ0n) is 26.1. The van der Waals surface area contributed by atoms with Gasteiger partial charge in [0.2, 0.25) is 0 Å². The van der Waals surface area contributed by atoms with Crippen molar-refractivity contribution in [1.82, 2.24) is 20.2 Å². The summed E-state index contributed by atoms with van der Waals surface area (Å²) >= 11 is 0. The molecule has 4 aliphatic heterocycles. The summed E-state index contributed by atoms with van der Waals surface area (Å²) in [4.78, 5) is 14.2. The lowest BCUT2D eigenvalue weighted by Crippen LogP contribution is -2.52. The number of aromatic nitrogens is 2. The first-order chi connectivity index (χ1) is 23.2. The third kappa shape index (κ3) is 5.31. The maximum atomic E-state index is 15.0. The number of anilines is 2. The van der Waals surface area contributed by atoms with Crippen molar-refractivity contribution >= 4 is 33.2 Å². The van der Waals surface area contributed by atoms with Gasteiger partial charge in [-0.2, -0.15) is 18.7 Å². The topological polar surface area (TPSA) is 109 Å². The molecular weight excluding hydrogens is 621 g/mol. The Morgan fingerprint density at radius 2 is 1.92 bits per heavy atom. The molecule has 4 unspecified atom stereocenters. The lowest BCUT2D eigenvalue weighted by molar-refractivity contribution is -0.159. The molecule has 248 valence electrons. The third-order valence-electron chi connectivity index (χ3n) is 10.2. The molecule has 3 aromatic carbocycles. The van der Waals surface area contributed by atoms with E-state index < -0.39 is 24.1 Å². The maximum Gasteiger partial charge on any atom is 0.345 e. The number of halogens is 3. The molecule has 4 aliphatic rings. The second-order valence-electron chi connectivity index (χ2n) is 13.2. The summed E-state index contributed by atoms with van der Waals surface area (Å²) in [6.07, 6.45) is 11.7. The number of fused-ring (bicyclic) bond motifs is 5. The van der Waals surface area contributed by atoms with Gasteiger partial charge in [-0.15, -0.1) is 6.42 Å². The Labute approximate surface area is 275 Å². The van der Waals surface area contributed by atoms with Crippen molar-refractivity contribution in [2.45, 2.75) is 56.2 Å². The highest BCUT2D eigenvalue weighted by Gasteiger charge is 2.50. The first-order valence-electron chi connectivity index (χ1n) is 16.2. The minimum Gasteiger partial charge on any atom is -0.461 e. The Morgan fingerprint density at radius 1 is 1.10 bits per heavy atom. The number of nitrogens with two attached hydrogens (primary N) is 1. The number of nitrogen functional groups attached to an aromatic ring is 1. The number of benzene rings is 3. The molecule has 3 saturated heterocycles. The van der Waals surface area contributed by atoms with E-state index in [1.807, 2.05) is 12.1 Å². The van der Waals surface area contributed by atoms with Crippen molar-refractivity contribution in [2.24, 2.45) is 0 Å². The van der Waals surface area contributed by atoms with Crippen molar-refractivity contribution in [2.75, 3.05) is 43.4 Å². The van der Waals surface area contributed by atoms with Crippen LogP contribution >= 0.6 is 0 Å². The van der Waals surface area contributed by atoms with Crippen molar-refractivity contribution in [3.8, 4) is 29.5 Å². The van der Waals surface area contributed by atoms with Gasteiger partial charge in [0.05, 0.1) is 29.3 Å². The molecule has 0 aliphatic carbocycles. The van der Waals surface area contributed by atoms with E-state index >= 15 is 0 Å². The van der Waals surface area contributed by atoms with Crippen LogP contribution in [-0.2, 0) is 11.3 Å². The van der Waals surface area contributed by atoms with Gasteiger partial charge < -0.3 is 30.5 Å². The van der Waals surface area contributed by atoms with Gasteiger partial charge in [-0.25, -0.2) is 4.39 Å². The molecule has 2 bridgehead atoms. The van der Waals surface area contributed by atoms with Crippen LogP contribution in [0.3, 0.4) is 0 Å². The number of terminal acetylenes is 1. The van der Waals surface area contributed by atoms with Crippen LogP contribution in [-0.4, -0.2) is 83.1 Å². The largest absolute Gasteiger partial charge is 0.461 e. The Bertz CT molecular complexity index is 1990. The SMILES string of the molecule is C#Cc1c(F)ccc2cc(N)cc(-c3cc4nc(OCC56CCCN5CC(OC(F)F)C6)nc(N5CC6C=CC(C5)N6)c4cc3CO)c12. The minimum atomic E-state index is -2.83. The van der Waals surface area contributed by atoms with Crippen molar-refractivity contribution in [3.63, 3.8) is 0 Å². The highest BCUT2D eigenvalue weighted by molar-refractivity contribution is 6.05. The maximum absolute atomic E-state index is 15.0. The van der Waals surface area contributed by atoms with E-state index in [4.69, 9.17) is 31.6 Å². The normalized spacial score (nSPS) is 25.0. The summed E-state index contributed by atoms with van der Waals surface area (Å²) in [5, 5.41) is 16.1. The monoisotopic (exact) mass is 656 g/mol. The van der Waals surface area contributed by atoms with Gasteiger partial charge in [-0.3, -0.25) is 4.90 Å². The second kappa shape index (κ2) is 11.9. The molecule has 12 heteroatoms. The minimum absolute atomic E-state index is 0.105. The Hall–Kier alpha value is -4.41. The van der Waals surface area contributed by atoms with Gasteiger partial charge in [0.25, 0.3) is 0 Å². The number of hydrogen-bond donors (Lipinski definition) is 3. The zero-order chi connectivity index (χ0) is 33.2. The fourth-order valence-electron chi connectivity index (χ4n) is 8.19. The van der Waals surface area contributed by atoms with Crippen LogP contribution in [0.2, 0.25) is 0 Å². The quantitative estimate of drug-likeness (QED) is 0.143. The molecule has 1 aromatic heterocycles. The lowest BCUT2D eigenvalue weighted by atomic mass is 9.90. The number of nitrogens with zero attached hydrogens (tertiary/aromatic N) is 4. The van der Waals surface area contributed by atoms with Gasteiger partial charge in [-0.05, 0) is 78.2 Å². The number of ether oxygens (including phenoxy) is 2. The molecule has 5 heterocycles. The van der Waals surface area contributed by atoms with Gasteiger partial charge in [0.15, 0.2) is 0 Å². The van der Waals surface area contributed by atoms with Crippen molar-refractivity contribution < 1.29 is 27.8 Å². The summed E-state index contributed by atoms with van der Waals surface area (Å²) in [5.74, 6) is 2.63. The summed E-state index contributed by atoms with van der Waals surface area (Å²) in [5.41, 5.74) is 8.75. The van der Waals surface area contributed by atoms with Crippen LogP contribution < -0.4 is 20.7 Å². The summed E-state index contributed by atoms with van der Waals surface area (Å²) in [6, 6.07) is 10.6. The predicted molar refractivity (Wildman–Crippen MR) is 177 cm³/mol. The Balaban J connectivity index is 1.25. The molecule has 9 nitrogen and oxygen atoms in total. The summed E-state index contributed by atoms with van der Waals surface area (Å²) in [6.45, 7) is -0.361. The van der Waals surface area contributed by atoms with E-state index in [0.717, 1.165) is 24.8 Å². The number of hydrogen-bond acceptors (Lipinski definition) is 9. The lowest BCUT2D eigenvalue weighted by Gasteiger charge is -2.35. The van der Waals surface area contributed by atoms with Gasteiger partial charge in [0.1, 0.15) is 18.2 Å². The number of rotatable bonds is 8. The third-order valence-corrected chi connectivity index (χ3v) is 10.2. The van der Waals surface area contributed by atoms with Gasteiger partial charge in [0, 0.05) is 48.2 Å². The molecule has 4 atom stereocenters. The molecule has 0 saturated carbocycles. The average molecular weight is 657 g/mol. The van der Waals surface area contributed by atoms with Crippen LogP contribution in [0.1, 0.15) is 30.4 Å². The molecule has 4 N–H and O–H groups in total. The fraction of sp³-hybridized carbons (Fsp3) is 0.389. The highest BCUT2D eigenvalue weighted by Crippen LogP contribution is 2.42. The fourth-order valence-corrected chi connectivity index (χ4v) is 8.19. The Morgan fingerprint density at radius 3 is 2.67 bits per heavy atom. The molecule has 0 amide bonds. The number of alkyl halides is 2. The number of piperazine rings is 1. The van der Waals surface area contributed by atoms with E-state index in [1.165, 1.54) is 6.07 Å². The molecule has 8 rings (SSSR count). The van der Waals surface area contributed by atoms with Crippen molar-refractivity contribution in [1.29, 1.82) is 0 Å². The standard InChI is InChI=1S/C36H35F3N6O3/c1-2-26-30(37)7-4-20-10-22(40)12-28(32(20)26)27-13-31-29(11-21(27)18-46)33(44-15-23-5-6-24(16-44)41-23)43-35(42-31)47-19-36-8-3-9-45(36)17-25(14-36)48-34(38)39/h1,4-7,10-13,23-25,34,41,46H,3,8-9,14-19,40H2. The zero-order valence-corrected chi connectivity index (χ0v) is 26.1. The average Bonchev–Trinajstić information content (AvgIpc) is 3.72. The second-order valence-corrected chi connectivity index (χ2v) is 13.2. The number of aliphatic hydroxyl groups excluding tert-OH is 1. The van der Waals surface area contributed by atoms with Crippen LogP contribution in [0.4, 0.5) is 24.7 Å². The molecule has 4 aromatic rings. The van der Waals surface area contributed by atoms with Gasteiger partial charge in [-0.1, -0.05) is 24.1 Å². The first-order valence-corrected chi connectivity index (χ1v) is 16.2. The van der Waals surface area contributed by atoms with Crippen LogP contribution in [0.5, 0.6) is 6.01 Å². The number of aliphatic hydroxyl groups is 1. The van der Waals surface area contributed by atoms with Crippen LogP contribution in [0.15, 0.2) is 48.6 Å². The molecule has 0 spiro atoms. The summed E-state index contributed by atoms with van der Waals surface area (Å²) < 4.78 is 52.5. The van der Waals surface area contributed by atoms with E-state index in [1.54, 1.807) is 18.2 Å². The van der Waals surface area contributed by atoms with Crippen LogP contribution in [0, 0.1) is 18.2 Å². The Kier molecular flexibility index (Phi) is 7.68. The van der Waals surface area contributed by atoms with Gasteiger partial charge >= 0.3 is 12.6 Å². The predicted octanol–water partition coefficient (Wildman–Crippen LogP) is 4.59.